The fourth-order valence-corrected chi connectivity index (χ4v) is 3.58. The van der Waals surface area contributed by atoms with Crippen LogP contribution in [0.5, 0.6) is 10.8 Å². The number of primary amides is 1. The molecule has 0 saturated heterocycles. The lowest BCUT2D eigenvalue weighted by Crippen LogP contribution is -2.10. The van der Waals surface area contributed by atoms with Gasteiger partial charge in [-0.25, -0.2) is 9.97 Å². The van der Waals surface area contributed by atoms with E-state index < -0.39 is 5.91 Å². The molecular formula is C22H18N4O2S. The first-order valence-electron chi connectivity index (χ1n) is 8.92. The van der Waals surface area contributed by atoms with Gasteiger partial charge in [-0.2, -0.15) is 0 Å². The number of nitrogens with one attached hydrogen (secondary N) is 1. The molecule has 0 radical (unpaired) electrons. The summed E-state index contributed by atoms with van der Waals surface area (Å²) >= 11 is 1.50. The summed E-state index contributed by atoms with van der Waals surface area (Å²) in [7, 11) is 0. The van der Waals surface area contributed by atoms with Gasteiger partial charge in [0, 0.05) is 29.1 Å². The molecule has 6 nitrogen and oxygen atoms in total. The van der Waals surface area contributed by atoms with Gasteiger partial charge in [-0.3, -0.25) is 4.79 Å². The molecule has 0 unspecified atom stereocenters. The monoisotopic (exact) mass is 402 g/mol. The van der Waals surface area contributed by atoms with E-state index in [9.17, 15) is 4.79 Å². The van der Waals surface area contributed by atoms with Crippen molar-refractivity contribution in [2.24, 2.45) is 5.73 Å². The number of ether oxygens (including phenoxy) is 1. The summed E-state index contributed by atoms with van der Waals surface area (Å²) < 4.78 is 6.13. The minimum atomic E-state index is -0.459. The van der Waals surface area contributed by atoms with Gasteiger partial charge in [0.1, 0.15) is 17.3 Å². The molecule has 0 atom stereocenters. The highest BCUT2D eigenvalue weighted by molar-refractivity contribution is 7.13. The predicted octanol–water partition coefficient (Wildman–Crippen LogP) is 5.15. The third-order valence-electron chi connectivity index (χ3n) is 4.13. The molecule has 1 amide bonds. The molecule has 2 aromatic carbocycles. The van der Waals surface area contributed by atoms with Gasteiger partial charge in [0.15, 0.2) is 0 Å². The Hall–Kier alpha value is -3.71. The summed E-state index contributed by atoms with van der Waals surface area (Å²) in [5.74, 6) is 0.813. The Morgan fingerprint density at radius 3 is 2.55 bits per heavy atom. The fourth-order valence-electron chi connectivity index (χ4n) is 2.77. The van der Waals surface area contributed by atoms with E-state index in [1.165, 1.54) is 11.3 Å². The Morgan fingerprint density at radius 2 is 1.83 bits per heavy atom. The second kappa shape index (κ2) is 8.12. The largest absolute Gasteiger partial charge is 0.444 e. The molecule has 0 bridgehead atoms. The number of carbonyl (C=O) groups excluding carboxylic acids is 1. The van der Waals surface area contributed by atoms with Crippen molar-refractivity contribution in [1.82, 2.24) is 9.97 Å². The van der Waals surface area contributed by atoms with E-state index >= 15 is 0 Å². The number of amides is 1. The number of pyridine rings is 1. The number of anilines is 2. The number of nitrogens with two attached hydrogens (primary N) is 1. The van der Waals surface area contributed by atoms with Crippen molar-refractivity contribution in [3.05, 3.63) is 83.5 Å². The lowest BCUT2D eigenvalue weighted by molar-refractivity contribution is 0.100. The summed E-state index contributed by atoms with van der Waals surface area (Å²) in [6, 6.07) is 20.4. The van der Waals surface area contributed by atoms with Crippen molar-refractivity contribution >= 4 is 28.7 Å². The summed E-state index contributed by atoms with van der Waals surface area (Å²) in [6.07, 6.45) is 1.67. The highest BCUT2D eigenvalue weighted by Crippen LogP contribution is 2.38. The maximum Gasteiger partial charge on any atom is 0.248 e. The molecule has 0 saturated carbocycles. The van der Waals surface area contributed by atoms with E-state index in [2.05, 4.69) is 15.3 Å². The zero-order valence-electron chi connectivity index (χ0n) is 15.6. The van der Waals surface area contributed by atoms with Crippen molar-refractivity contribution in [3.63, 3.8) is 0 Å². The number of hydrogen-bond acceptors (Lipinski definition) is 6. The van der Waals surface area contributed by atoms with Crippen LogP contribution in [0.25, 0.3) is 11.3 Å². The van der Waals surface area contributed by atoms with Gasteiger partial charge in [-0.05, 0) is 37.3 Å². The second-order valence-electron chi connectivity index (χ2n) is 6.28. The van der Waals surface area contributed by atoms with Crippen LogP contribution in [0.3, 0.4) is 0 Å². The Balaban J connectivity index is 1.55. The highest BCUT2D eigenvalue weighted by atomic mass is 32.1. The average Bonchev–Trinajstić information content (AvgIpc) is 3.09. The van der Waals surface area contributed by atoms with E-state index in [1.54, 1.807) is 36.5 Å². The van der Waals surface area contributed by atoms with Crippen LogP contribution in [0.2, 0.25) is 0 Å². The number of hydrogen-bond donors (Lipinski definition) is 2. The van der Waals surface area contributed by atoms with Gasteiger partial charge in [-0.15, -0.1) is 0 Å². The molecule has 0 aliphatic rings. The molecule has 0 aliphatic carbocycles. The number of benzene rings is 2. The predicted molar refractivity (Wildman–Crippen MR) is 115 cm³/mol. The maximum atomic E-state index is 11.2. The molecule has 29 heavy (non-hydrogen) atoms. The minimum absolute atomic E-state index is 0.453. The summed E-state index contributed by atoms with van der Waals surface area (Å²) in [6.45, 7) is 1.96. The lowest BCUT2D eigenvalue weighted by Gasteiger charge is -2.09. The van der Waals surface area contributed by atoms with Crippen LogP contribution in [0, 0.1) is 6.92 Å². The van der Waals surface area contributed by atoms with Crippen molar-refractivity contribution in [2.75, 3.05) is 5.32 Å². The molecule has 0 spiro atoms. The zero-order valence-corrected chi connectivity index (χ0v) is 16.4. The Bertz CT molecular complexity index is 1140. The molecule has 0 aliphatic heterocycles. The zero-order chi connectivity index (χ0) is 20.2. The summed E-state index contributed by atoms with van der Waals surface area (Å²) in [5.41, 5.74) is 8.35. The van der Waals surface area contributed by atoms with Crippen LogP contribution in [0.15, 0.2) is 72.9 Å². The topological polar surface area (TPSA) is 90.1 Å². The van der Waals surface area contributed by atoms with Gasteiger partial charge in [-0.1, -0.05) is 41.7 Å². The first-order valence-corrected chi connectivity index (χ1v) is 9.74. The third-order valence-corrected chi connectivity index (χ3v) is 4.98. The van der Waals surface area contributed by atoms with E-state index in [1.807, 2.05) is 43.3 Å². The Labute approximate surface area is 172 Å². The average molecular weight is 402 g/mol. The van der Waals surface area contributed by atoms with E-state index in [-0.39, 0.29) is 0 Å². The third kappa shape index (κ3) is 4.41. The standard InChI is InChI=1S/C22H18N4O2S/c1-14-25-20(15-5-3-2-4-6-15)22(29-14)28-18-11-12-24-19(13-18)26-17-9-7-16(8-10-17)21(23)27/h2-13H,1H3,(H2,23,27)(H,24,26). The number of rotatable bonds is 6. The molecule has 2 aromatic heterocycles. The van der Waals surface area contributed by atoms with E-state index in [0.717, 1.165) is 27.0 Å². The quantitative estimate of drug-likeness (QED) is 0.466. The molecule has 2 heterocycles. The normalized spacial score (nSPS) is 10.5. The number of nitrogens with zero attached hydrogens (tertiary/aromatic N) is 2. The van der Waals surface area contributed by atoms with Crippen molar-refractivity contribution in [3.8, 4) is 22.1 Å². The molecule has 4 aromatic rings. The molecule has 0 fully saturated rings. The van der Waals surface area contributed by atoms with Crippen molar-refractivity contribution in [2.45, 2.75) is 6.92 Å². The number of thiazole rings is 1. The summed E-state index contributed by atoms with van der Waals surface area (Å²) in [4.78, 5) is 20.1. The first-order chi connectivity index (χ1) is 14.1. The molecule has 144 valence electrons. The Morgan fingerprint density at radius 1 is 1.07 bits per heavy atom. The van der Waals surface area contributed by atoms with E-state index in [0.29, 0.717) is 17.1 Å². The van der Waals surface area contributed by atoms with Gasteiger partial charge in [0.2, 0.25) is 11.0 Å². The van der Waals surface area contributed by atoms with Crippen LogP contribution >= 0.6 is 11.3 Å². The smallest absolute Gasteiger partial charge is 0.248 e. The fraction of sp³-hybridized carbons (Fsp3) is 0.0455. The Kier molecular flexibility index (Phi) is 5.22. The van der Waals surface area contributed by atoms with Crippen molar-refractivity contribution in [1.29, 1.82) is 0 Å². The maximum absolute atomic E-state index is 11.2. The molecule has 3 N–H and O–H groups in total. The van der Waals surface area contributed by atoms with Gasteiger partial charge < -0.3 is 15.8 Å². The number of aromatic nitrogens is 2. The lowest BCUT2D eigenvalue weighted by atomic mass is 10.2. The second-order valence-corrected chi connectivity index (χ2v) is 7.45. The number of carbonyl (C=O) groups is 1. The van der Waals surface area contributed by atoms with Crippen molar-refractivity contribution < 1.29 is 9.53 Å². The van der Waals surface area contributed by atoms with Gasteiger partial charge in [0.25, 0.3) is 0 Å². The van der Waals surface area contributed by atoms with E-state index in [4.69, 9.17) is 10.5 Å². The van der Waals surface area contributed by atoms with Crippen LogP contribution in [-0.2, 0) is 0 Å². The molecule has 4 rings (SSSR count). The van der Waals surface area contributed by atoms with Crippen LogP contribution in [0.4, 0.5) is 11.5 Å². The summed E-state index contributed by atoms with van der Waals surface area (Å²) in [5, 5.41) is 4.86. The van der Waals surface area contributed by atoms with Gasteiger partial charge >= 0.3 is 0 Å². The van der Waals surface area contributed by atoms with Crippen LogP contribution in [-0.4, -0.2) is 15.9 Å². The first kappa shape index (κ1) is 18.6. The minimum Gasteiger partial charge on any atom is -0.444 e. The van der Waals surface area contributed by atoms with Crippen LogP contribution in [0.1, 0.15) is 15.4 Å². The van der Waals surface area contributed by atoms with Crippen LogP contribution < -0.4 is 15.8 Å². The molecule has 7 heteroatoms. The van der Waals surface area contributed by atoms with Gasteiger partial charge in [0.05, 0.1) is 5.01 Å². The number of aryl methyl sites for hydroxylation is 1. The molecular weight excluding hydrogens is 384 g/mol. The highest BCUT2D eigenvalue weighted by Gasteiger charge is 2.14. The SMILES string of the molecule is Cc1nc(-c2ccccc2)c(Oc2ccnc(Nc3ccc(C(N)=O)cc3)c2)s1.